The van der Waals surface area contributed by atoms with E-state index in [0.29, 0.717) is 29.2 Å². The summed E-state index contributed by atoms with van der Waals surface area (Å²) in [6.07, 6.45) is 4.57. The lowest BCUT2D eigenvalue weighted by atomic mass is 10.1. The third-order valence-corrected chi connectivity index (χ3v) is 6.69. The van der Waals surface area contributed by atoms with E-state index in [1.54, 1.807) is 64.9 Å². The Bertz CT molecular complexity index is 923. The third-order valence-electron chi connectivity index (χ3n) is 5.19. The first kappa shape index (κ1) is 17.8. The maximum atomic E-state index is 12.7. The molecule has 8 heteroatoms. The lowest BCUT2D eigenvalue weighted by Crippen LogP contribution is -2.48. The number of thioether (sulfide) groups is 1. The monoisotopic (exact) mass is 384 g/mol. The molecular weight excluding hydrogens is 364 g/mol. The maximum Gasteiger partial charge on any atom is 0.248 e. The quantitative estimate of drug-likeness (QED) is 0.816. The van der Waals surface area contributed by atoms with Crippen LogP contribution in [0.15, 0.2) is 36.7 Å². The number of nitrogens with one attached hydrogen (secondary N) is 1. The van der Waals surface area contributed by atoms with E-state index in [0.717, 1.165) is 6.42 Å². The van der Waals surface area contributed by atoms with E-state index >= 15 is 0 Å². The van der Waals surface area contributed by atoms with E-state index in [1.807, 2.05) is 6.92 Å². The lowest BCUT2D eigenvalue weighted by molar-refractivity contribution is -0.135. The van der Waals surface area contributed by atoms with Gasteiger partial charge in [0.15, 0.2) is 5.82 Å². The second kappa shape index (κ2) is 6.53. The van der Waals surface area contributed by atoms with E-state index in [2.05, 4.69) is 10.3 Å². The van der Waals surface area contributed by atoms with Crippen LogP contribution in [0.5, 0.6) is 0 Å². The molecule has 2 atom stereocenters. The molecule has 140 valence electrons. The van der Waals surface area contributed by atoms with Crippen molar-refractivity contribution in [2.45, 2.75) is 30.7 Å². The summed E-state index contributed by atoms with van der Waals surface area (Å²) < 4.78 is 1.67. The fourth-order valence-corrected chi connectivity index (χ4v) is 5.09. The van der Waals surface area contributed by atoms with Gasteiger partial charge < -0.3 is 14.8 Å². The van der Waals surface area contributed by atoms with Gasteiger partial charge >= 0.3 is 0 Å². The molecule has 4 rings (SSSR count). The molecule has 0 unspecified atom stereocenters. The Morgan fingerprint density at radius 3 is 2.70 bits per heavy atom. The van der Waals surface area contributed by atoms with Crippen LogP contribution in [0.25, 0.3) is 0 Å². The molecule has 0 saturated carbocycles. The fourth-order valence-electron chi connectivity index (χ4n) is 3.66. The van der Waals surface area contributed by atoms with Crippen LogP contribution in [0.1, 0.15) is 35.9 Å². The highest BCUT2D eigenvalue weighted by molar-refractivity contribution is 8.01. The fraction of sp³-hybridized carbons (Fsp3) is 0.368. The van der Waals surface area contributed by atoms with Gasteiger partial charge in [0.1, 0.15) is 6.04 Å². The molecule has 2 amide bonds. The van der Waals surface area contributed by atoms with Gasteiger partial charge in [-0.25, -0.2) is 4.98 Å². The predicted octanol–water partition coefficient (Wildman–Crippen LogP) is 2.04. The van der Waals surface area contributed by atoms with Gasteiger partial charge in [0.05, 0.1) is 4.87 Å². The van der Waals surface area contributed by atoms with Crippen molar-refractivity contribution >= 4 is 35.0 Å². The van der Waals surface area contributed by atoms with Crippen LogP contribution in [0.3, 0.4) is 0 Å². The predicted molar refractivity (Wildman–Crippen MR) is 102 cm³/mol. The van der Waals surface area contributed by atoms with Crippen molar-refractivity contribution in [3.05, 3.63) is 48.0 Å². The van der Waals surface area contributed by atoms with Gasteiger partial charge in [-0.3, -0.25) is 14.4 Å². The number of aromatic nitrogens is 2. The first-order chi connectivity index (χ1) is 12.9. The minimum atomic E-state index is -0.455. The summed E-state index contributed by atoms with van der Waals surface area (Å²) in [5.74, 6) is 0.639. The van der Waals surface area contributed by atoms with Crippen molar-refractivity contribution < 1.29 is 14.4 Å². The van der Waals surface area contributed by atoms with Gasteiger partial charge in [-0.05, 0) is 37.6 Å². The third kappa shape index (κ3) is 3.03. The number of hydrogen-bond donors (Lipinski definition) is 1. The zero-order chi connectivity index (χ0) is 19.2. The lowest BCUT2D eigenvalue weighted by Gasteiger charge is -2.29. The molecule has 1 aromatic heterocycles. The van der Waals surface area contributed by atoms with Crippen molar-refractivity contribution in [1.29, 1.82) is 0 Å². The molecule has 7 nitrogen and oxygen atoms in total. The molecule has 27 heavy (non-hydrogen) atoms. The molecule has 0 radical (unpaired) electrons. The van der Waals surface area contributed by atoms with Crippen LogP contribution in [0, 0.1) is 0 Å². The second-order valence-electron chi connectivity index (χ2n) is 7.02. The summed E-state index contributed by atoms with van der Waals surface area (Å²) in [4.78, 5) is 42.8. The molecule has 2 aliphatic heterocycles. The average Bonchev–Trinajstić information content (AvgIpc) is 3.30. The number of aryl methyl sites for hydroxylation is 1. The molecule has 2 aromatic rings. The number of hydrogen-bond acceptors (Lipinski definition) is 5. The van der Waals surface area contributed by atoms with Crippen molar-refractivity contribution in [2.24, 2.45) is 7.05 Å². The summed E-state index contributed by atoms with van der Waals surface area (Å²) >= 11 is 1.66. The summed E-state index contributed by atoms with van der Waals surface area (Å²) in [5.41, 5.74) is 1.10. The van der Waals surface area contributed by atoms with Gasteiger partial charge in [-0.1, -0.05) is 0 Å². The Kier molecular flexibility index (Phi) is 4.30. The SMILES string of the molecule is Cn1ccnc1C(=O)c1ccc(NC(=O)[C@@H]2CS[C@@]3(C)CCC(=O)N23)cc1. The number of carbonyl (C=O) groups is 3. The number of carbonyl (C=O) groups excluding carboxylic acids is 3. The largest absolute Gasteiger partial charge is 0.331 e. The van der Waals surface area contributed by atoms with Crippen molar-refractivity contribution in [3.8, 4) is 0 Å². The van der Waals surface area contributed by atoms with Gasteiger partial charge in [0.25, 0.3) is 0 Å². The molecule has 1 N–H and O–H groups in total. The molecule has 0 aliphatic carbocycles. The van der Waals surface area contributed by atoms with Crippen LogP contribution in [-0.2, 0) is 16.6 Å². The van der Waals surface area contributed by atoms with E-state index in [4.69, 9.17) is 0 Å². The van der Waals surface area contributed by atoms with Crippen LogP contribution in [-0.4, -0.2) is 48.7 Å². The van der Waals surface area contributed by atoms with E-state index in [-0.39, 0.29) is 22.5 Å². The number of ketones is 1. The average molecular weight is 384 g/mol. The summed E-state index contributed by atoms with van der Waals surface area (Å²) in [6.45, 7) is 2.02. The van der Waals surface area contributed by atoms with Gasteiger partial charge in [-0.15, -0.1) is 11.8 Å². The van der Waals surface area contributed by atoms with E-state index in [9.17, 15) is 14.4 Å². The smallest absolute Gasteiger partial charge is 0.248 e. The number of nitrogens with zero attached hydrogens (tertiary/aromatic N) is 3. The van der Waals surface area contributed by atoms with Gasteiger partial charge in [0, 0.05) is 42.9 Å². The van der Waals surface area contributed by atoms with Gasteiger partial charge in [-0.2, -0.15) is 0 Å². The molecule has 0 bridgehead atoms. The zero-order valence-electron chi connectivity index (χ0n) is 15.1. The first-order valence-electron chi connectivity index (χ1n) is 8.78. The molecule has 2 saturated heterocycles. The number of anilines is 1. The molecule has 0 spiro atoms. The topological polar surface area (TPSA) is 84.3 Å². The van der Waals surface area contributed by atoms with E-state index in [1.165, 1.54) is 0 Å². The Morgan fingerprint density at radius 1 is 1.30 bits per heavy atom. The Labute approximate surface area is 161 Å². The number of rotatable bonds is 4. The number of imidazole rings is 1. The number of benzene rings is 1. The number of amides is 2. The highest BCUT2D eigenvalue weighted by atomic mass is 32.2. The number of fused-ring (bicyclic) bond motifs is 1. The summed E-state index contributed by atoms with van der Waals surface area (Å²) in [5, 5.41) is 2.87. The van der Waals surface area contributed by atoms with Gasteiger partial charge in [0.2, 0.25) is 17.6 Å². The Morgan fingerprint density at radius 2 is 2.04 bits per heavy atom. The maximum absolute atomic E-state index is 12.7. The molecule has 1 aromatic carbocycles. The zero-order valence-corrected chi connectivity index (χ0v) is 16.0. The van der Waals surface area contributed by atoms with Crippen LogP contribution < -0.4 is 5.32 Å². The van der Waals surface area contributed by atoms with Crippen LogP contribution in [0.2, 0.25) is 0 Å². The standard InChI is InChI=1S/C19H20N4O3S/c1-19-8-7-15(24)23(19)14(11-27-19)18(26)21-13-5-3-12(4-6-13)16(25)17-20-9-10-22(17)2/h3-6,9-10,14H,7-8,11H2,1-2H3,(H,21,26)/t14-,19-/m0/s1. The van der Waals surface area contributed by atoms with Crippen molar-refractivity contribution in [1.82, 2.24) is 14.5 Å². The normalized spacial score (nSPS) is 24.1. The summed E-state index contributed by atoms with van der Waals surface area (Å²) in [7, 11) is 1.77. The minimum absolute atomic E-state index is 0.0404. The highest BCUT2D eigenvalue weighted by Crippen LogP contribution is 2.47. The second-order valence-corrected chi connectivity index (χ2v) is 8.52. The minimum Gasteiger partial charge on any atom is -0.331 e. The van der Waals surface area contributed by atoms with Crippen molar-refractivity contribution in [2.75, 3.05) is 11.1 Å². The van der Waals surface area contributed by atoms with Crippen LogP contribution in [0.4, 0.5) is 5.69 Å². The molecular formula is C19H20N4O3S. The van der Waals surface area contributed by atoms with Crippen molar-refractivity contribution in [3.63, 3.8) is 0 Å². The van der Waals surface area contributed by atoms with E-state index < -0.39 is 6.04 Å². The molecule has 3 heterocycles. The molecule has 2 aliphatic rings. The first-order valence-corrected chi connectivity index (χ1v) is 9.77. The summed E-state index contributed by atoms with van der Waals surface area (Å²) in [6, 6.07) is 6.27. The van der Waals surface area contributed by atoms with Crippen LogP contribution >= 0.6 is 11.8 Å². The Balaban J connectivity index is 1.46. The Hall–Kier alpha value is -2.61. The molecule has 2 fully saturated rings. The highest BCUT2D eigenvalue weighted by Gasteiger charge is 2.52.